The normalized spacial score (nSPS) is 25.1. The van der Waals surface area contributed by atoms with Crippen LogP contribution in [0.25, 0.3) is 0 Å². The summed E-state index contributed by atoms with van der Waals surface area (Å²) in [6, 6.07) is 0. The van der Waals surface area contributed by atoms with Crippen molar-refractivity contribution in [3.8, 4) is 0 Å². The van der Waals surface area contributed by atoms with Crippen molar-refractivity contribution >= 4 is 0 Å². The van der Waals surface area contributed by atoms with Crippen LogP contribution in [0.3, 0.4) is 0 Å². The van der Waals surface area contributed by atoms with Crippen LogP contribution in [0.4, 0.5) is 0 Å². The molecule has 1 fully saturated rings. The van der Waals surface area contributed by atoms with Crippen LogP contribution in [-0.2, 0) is 6.54 Å². The van der Waals surface area contributed by atoms with Crippen LogP contribution < -0.4 is 5.32 Å². The molecule has 0 amide bonds. The minimum atomic E-state index is 0.872. The number of aromatic nitrogens is 2. The van der Waals surface area contributed by atoms with E-state index in [9.17, 15) is 0 Å². The number of hydrogen-bond acceptors (Lipinski definition) is 2. The van der Waals surface area contributed by atoms with Gasteiger partial charge in [-0.2, -0.15) is 5.10 Å². The van der Waals surface area contributed by atoms with Gasteiger partial charge in [0, 0.05) is 17.8 Å². The average molecular weight is 235 g/mol. The molecule has 1 aliphatic carbocycles. The van der Waals surface area contributed by atoms with Crippen molar-refractivity contribution in [1.82, 2.24) is 15.5 Å². The molecule has 1 heterocycles. The number of H-pyrrole nitrogens is 1. The SMILES string of the molecule is Cc1n[nH]c(C)c1CNCC1CCCCC1C. The van der Waals surface area contributed by atoms with E-state index in [0.29, 0.717) is 0 Å². The van der Waals surface area contributed by atoms with Gasteiger partial charge in [0.25, 0.3) is 0 Å². The van der Waals surface area contributed by atoms with Crippen LogP contribution in [0, 0.1) is 25.7 Å². The highest BCUT2D eigenvalue weighted by Crippen LogP contribution is 2.28. The van der Waals surface area contributed by atoms with Gasteiger partial charge < -0.3 is 5.32 Å². The maximum absolute atomic E-state index is 4.23. The molecule has 2 N–H and O–H groups in total. The van der Waals surface area contributed by atoms with Crippen molar-refractivity contribution in [1.29, 1.82) is 0 Å². The van der Waals surface area contributed by atoms with Crippen LogP contribution in [0.15, 0.2) is 0 Å². The fraction of sp³-hybridized carbons (Fsp3) is 0.786. The van der Waals surface area contributed by atoms with Gasteiger partial charge >= 0.3 is 0 Å². The molecular weight excluding hydrogens is 210 g/mol. The zero-order valence-corrected chi connectivity index (χ0v) is 11.3. The van der Waals surface area contributed by atoms with Crippen molar-refractivity contribution in [2.24, 2.45) is 11.8 Å². The molecular formula is C14H25N3. The Morgan fingerprint density at radius 2 is 2.06 bits per heavy atom. The summed E-state index contributed by atoms with van der Waals surface area (Å²) in [5, 5.41) is 10.9. The van der Waals surface area contributed by atoms with Crippen LogP contribution in [0.2, 0.25) is 0 Å². The van der Waals surface area contributed by atoms with Gasteiger partial charge in [0.05, 0.1) is 5.69 Å². The van der Waals surface area contributed by atoms with Crippen LogP contribution in [0.1, 0.15) is 49.6 Å². The highest BCUT2D eigenvalue weighted by Gasteiger charge is 2.20. The molecule has 1 aromatic rings. The molecule has 96 valence electrons. The monoisotopic (exact) mass is 235 g/mol. The number of nitrogens with zero attached hydrogens (tertiary/aromatic N) is 1. The first kappa shape index (κ1) is 12.6. The number of rotatable bonds is 4. The van der Waals surface area contributed by atoms with Gasteiger partial charge in [0.2, 0.25) is 0 Å². The molecule has 0 saturated heterocycles. The summed E-state index contributed by atoms with van der Waals surface area (Å²) in [4.78, 5) is 0. The predicted molar refractivity (Wildman–Crippen MR) is 70.9 cm³/mol. The van der Waals surface area contributed by atoms with E-state index in [0.717, 1.165) is 30.6 Å². The van der Waals surface area contributed by atoms with Crippen molar-refractivity contribution < 1.29 is 0 Å². The lowest BCUT2D eigenvalue weighted by atomic mass is 9.80. The molecule has 0 spiro atoms. The van der Waals surface area contributed by atoms with E-state index in [-0.39, 0.29) is 0 Å². The minimum absolute atomic E-state index is 0.872. The molecule has 1 aromatic heterocycles. The fourth-order valence-electron chi connectivity index (χ4n) is 2.91. The second-order valence-electron chi connectivity index (χ2n) is 5.57. The number of aryl methyl sites for hydroxylation is 2. The zero-order valence-electron chi connectivity index (χ0n) is 11.3. The van der Waals surface area contributed by atoms with E-state index in [1.807, 2.05) is 0 Å². The van der Waals surface area contributed by atoms with Gasteiger partial charge in [-0.05, 0) is 38.6 Å². The third-order valence-electron chi connectivity index (χ3n) is 4.28. The molecule has 1 saturated carbocycles. The van der Waals surface area contributed by atoms with E-state index in [1.165, 1.54) is 36.9 Å². The lowest BCUT2D eigenvalue weighted by Crippen LogP contribution is -2.29. The summed E-state index contributed by atoms with van der Waals surface area (Å²) in [5.74, 6) is 1.76. The van der Waals surface area contributed by atoms with Crippen LogP contribution >= 0.6 is 0 Å². The first-order chi connectivity index (χ1) is 8.18. The number of hydrogen-bond donors (Lipinski definition) is 2. The highest BCUT2D eigenvalue weighted by molar-refractivity contribution is 5.22. The first-order valence-electron chi connectivity index (χ1n) is 6.89. The molecule has 2 rings (SSSR count). The maximum Gasteiger partial charge on any atom is 0.0638 e. The Balaban J connectivity index is 1.79. The lowest BCUT2D eigenvalue weighted by Gasteiger charge is -2.28. The van der Waals surface area contributed by atoms with Crippen molar-refractivity contribution in [3.05, 3.63) is 17.0 Å². The summed E-state index contributed by atoms with van der Waals surface area (Å²) in [6.07, 6.45) is 5.66. The summed E-state index contributed by atoms with van der Waals surface area (Å²) in [7, 11) is 0. The van der Waals surface area contributed by atoms with E-state index < -0.39 is 0 Å². The van der Waals surface area contributed by atoms with E-state index >= 15 is 0 Å². The Bertz CT molecular complexity index is 337. The zero-order chi connectivity index (χ0) is 12.3. The Labute approximate surface area is 104 Å². The van der Waals surface area contributed by atoms with E-state index in [2.05, 4.69) is 36.3 Å². The second kappa shape index (κ2) is 5.67. The standard InChI is InChI=1S/C14H25N3/c1-10-6-4-5-7-13(10)8-15-9-14-11(2)16-17-12(14)3/h10,13,15H,4-9H2,1-3H3,(H,16,17). The molecule has 17 heavy (non-hydrogen) atoms. The molecule has 0 aromatic carbocycles. The molecule has 1 aliphatic rings. The smallest absolute Gasteiger partial charge is 0.0638 e. The predicted octanol–water partition coefficient (Wildman–Crippen LogP) is 2.94. The Hall–Kier alpha value is -0.830. The van der Waals surface area contributed by atoms with Gasteiger partial charge in [-0.25, -0.2) is 0 Å². The molecule has 0 bridgehead atoms. The molecule has 3 nitrogen and oxygen atoms in total. The number of nitrogens with one attached hydrogen (secondary N) is 2. The summed E-state index contributed by atoms with van der Waals surface area (Å²) in [6.45, 7) is 8.69. The Morgan fingerprint density at radius 1 is 1.29 bits per heavy atom. The van der Waals surface area contributed by atoms with Crippen molar-refractivity contribution in [2.75, 3.05) is 6.54 Å². The fourth-order valence-corrected chi connectivity index (χ4v) is 2.91. The largest absolute Gasteiger partial charge is 0.312 e. The van der Waals surface area contributed by atoms with E-state index in [4.69, 9.17) is 0 Å². The third kappa shape index (κ3) is 3.09. The quantitative estimate of drug-likeness (QED) is 0.842. The van der Waals surface area contributed by atoms with Crippen LogP contribution in [-0.4, -0.2) is 16.7 Å². The molecule has 0 aliphatic heterocycles. The molecule has 0 radical (unpaired) electrons. The third-order valence-corrected chi connectivity index (χ3v) is 4.28. The van der Waals surface area contributed by atoms with Crippen molar-refractivity contribution in [2.45, 2.75) is 53.0 Å². The molecule has 2 unspecified atom stereocenters. The van der Waals surface area contributed by atoms with Gasteiger partial charge in [0.1, 0.15) is 0 Å². The number of aromatic amines is 1. The topological polar surface area (TPSA) is 40.7 Å². The second-order valence-corrected chi connectivity index (χ2v) is 5.57. The maximum atomic E-state index is 4.23. The van der Waals surface area contributed by atoms with E-state index in [1.54, 1.807) is 0 Å². The van der Waals surface area contributed by atoms with Crippen LogP contribution in [0.5, 0.6) is 0 Å². The Morgan fingerprint density at radius 3 is 2.71 bits per heavy atom. The van der Waals surface area contributed by atoms with Gasteiger partial charge in [0.15, 0.2) is 0 Å². The Kier molecular flexibility index (Phi) is 4.21. The molecule has 2 atom stereocenters. The van der Waals surface area contributed by atoms with Crippen molar-refractivity contribution in [3.63, 3.8) is 0 Å². The highest BCUT2D eigenvalue weighted by atomic mass is 15.1. The summed E-state index contributed by atoms with van der Waals surface area (Å²) >= 11 is 0. The minimum Gasteiger partial charge on any atom is -0.312 e. The first-order valence-corrected chi connectivity index (χ1v) is 6.89. The summed E-state index contributed by atoms with van der Waals surface area (Å²) < 4.78 is 0. The molecule has 3 heteroatoms. The average Bonchev–Trinajstić information content (AvgIpc) is 2.63. The van der Waals surface area contributed by atoms with Gasteiger partial charge in [-0.3, -0.25) is 5.10 Å². The van der Waals surface area contributed by atoms with Gasteiger partial charge in [-0.15, -0.1) is 0 Å². The summed E-state index contributed by atoms with van der Waals surface area (Å²) in [5.41, 5.74) is 3.67. The van der Waals surface area contributed by atoms with Gasteiger partial charge in [-0.1, -0.05) is 26.2 Å². The lowest BCUT2D eigenvalue weighted by molar-refractivity contribution is 0.247.